The Bertz CT molecular complexity index is 910. The van der Waals surface area contributed by atoms with E-state index in [2.05, 4.69) is 29.8 Å². The first-order valence-electron chi connectivity index (χ1n) is 20.6. The third kappa shape index (κ3) is 28.9. The average Bonchev–Trinajstić information content (AvgIpc) is 3.11. The summed E-state index contributed by atoms with van der Waals surface area (Å²) in [5.74, 6) is -0.130. The lowest BCUT2D eigenvalue weighted by Gasteiger charge is -2.19. The number of amides is 3. The number of nitrogens with one attached hydrogen (secondary N) is 3. The van der Waals surface area contributed by atoms with Crippen LogP contribution in [0.5, 0.6) is 0 Å². The number of unbranched alkanes of at least 4 members (excludes halogenated alkanes) is 22. The van der Waals surface area contributed by atoms with Crippen LogP contribution in [0.2, 0.25) is 0 Å². The zero-order valence-electron chi connectivity index (χ0n) is 31.8. The van der Waals surface area contributed by atoms with Crippen molar-refractivity contribution in [2.24, 2.45) is 0 Å². The van der Waals surface area contributed by atoms with E-state index in [0.717, 1.165) is 31.2 Å². The minimum Gasteiger partial charge on any atom is -0.445 e. The summed E-state index contributed by atoms with van der Waals surface area (Å²) in [5, 5.41) is 8.89. The van der Waals surface area contributed by atoms with Crippen LogP contribution < -0.4 is 16.0 Å². The fraction of sp³-hybridized carbons (Fsp3) is 0.786. The van der Waals surface area contributed by atoms with E-state index in [4.69, 9.17) is 4.74 Å². The monoisotopic (exact) mass is 686 g/mol. The van der Waals surface area contributed by atoms with Crippen LogP contribution >= 0.6 is 0 Å². The Kier molecular flexibility index (Phi) is 30.8. The average molecular weight is 686 g/mol. The van der Waals surface area contributed by atoms with E-state index in [0.29, 0.717) is 38.8 Å². The maximum atomic E-state index is 13.1. The molecule has 7 heteroatoms. The van der Waals surface area contributed by atoms with E-state index in [1.54, 1.807) is 0 Å². The molecule has 0 spiro atoms. The first-order chi connectivity index (χ1) is 24.1. The second kappa shape index (κ2) is 33.9. The zero-order chi connectivity index (χ0) is 35.5. The van der Waals surface area contributed by atoms with E-state index in [1.165, 1.54) is 122 Å². The second-order valence-electron chi connectivity index (χ2n) is 14.1. The van der Waals surface area contributed by atoms with Crippen molar-refractivity contribution >= 4 is 17.9 Å². The van der Waals surface area contributed by atoms with Crippen LogP contribution in [-0.4, -0.2) is 37.0 Å². The number of rotatable bonds is 34. The van der Waals surface area contributed by atoms with Crippen LogP contribution in [0.3, 0.4) is 0 Å². The van der Waals surface area contributed by atoms with Crippen molar-refractivity contribution in [1.29, 1.82) is 0 Å². The quantitative estimate of drug-likeness (QED) is 0.0629. The van der Waals surface area contributed by atoms with Gasteiger partial charge in [0, 0.05) is 19.5 Å². The lowest BCUT2D eigenvalue weighted by Crippen LogP contribution is -2.47. The highest BCUT2D eigenvalue weighted by Gasteiger charge is 2.20. The predicted molar refractivity (Wildman–Crippen MR) is 206 cm³/mol. The van der Waals surface area contributed by atoms with Gasteiger partial charge in [0.05, 0.1) is 0 Å². The standard InChI is InChI=1S/C42H75N3O4/c1-3-5-7-9-11-13-15-16-17-18-20-22-27-34-40(46)45-39(41(47)43-35-29-23-21-19-14-12-10-8-6-4-2)33-28-30-36-44-42(48)49-37-38-31-25-24-26-32-38/h24-26,31-32,39H,3-23,27-30,33-37H2,1-2H3,(H,43,47)(H,44,48)(H,45,46)/t39-/m1/s1. The number of alkyl carbamates (subject to hydrolysis) is 1. The van der Waals surface area contributed by atoms with Crippen LogP contribution in [0, 0.1) is 0 Å². The molecule has 0 aliphatic rings. The molecule has 0 saturated carbocycles. The third-order valence-corrected chi connectivity index (χ3v) is 9.39. The molecule has 0 unspecified atom stereocenters. The minimum atomic E-state index is -0.539. The van der Waals surface area contributed by atoms with Gasteiger partial charge in [-0.15, -0.1) is 0 Å². The maximum Gasteiger partial charge on any atom is 0.407 e. The van der Waals surface area contributed by atoms with Crippen molar-refractivity contribution in [2.45, 2.75) is 200 Å². The molecule has 1 aromatic rings. The molecule has 282 valence electrons. The smallest absolute Gasteiger partial charge is 0.407 e. The van der Waals surface area contributed by atoms with E-state index >= 15 is 0 Å². The van der Waals surface area contributed by atoms with Gasteiger partial charge in [0.1, 0.15) is 12.6 Å². The lowest BCUT2D eigenvalue weighted by atomic mass is 10.0. The minimum absolute atomic E-state index is 0.0372. The van der Waals surface area contributed by atoms with Gasteiger partial charge in [-0.05, 0) is 37.7 Å². The van der Waals surface area contributed by atoms with Gasteiger partial charge in [0.25, 0.3) is 0 Å². The normalized spacial score (nSPS) is 11.6. The summed E-state index contributed by atoms with van der Waals surface area (Å²) in [7, 11) is 0. The lowest BCUT2D eigenvalue weighted by molar-refractivity contribution is -0.129. The summed E-state index contributed by atoms with van der Waals surface area (Å²) < 4.78 is 5.28. The van der Waals surface area contributed by atoms with Crippen LogP contribution in [0.4, 0.5) is 4.79 Å². The molecule has 0 saturated heterocycles. The van der Waals surface area contributed by atoms with Crippen LogP contribution in [0.25, 0.3) is 0 Å². The first kappa shape index (κ1) is 44.5. The van der Waals surface area contributed by atoms with Gasteiger partial charge in [-0.1, -0.05) is 179 Å². The van der Waals surface area contributed by atoms with Crippen molar-refractivity contribution in [1.82, 2.24) is 16.0 Å². The Morgan fingerprint density at radius 1 is 0.551 bits per heavy atom. The van der Waals surface area contributed by atoms with Crippen molar-refractivity contribution in [3.8, 4) is 0 Å². The summed E-state index contributed by atoms with van der Waals surface area (Å²) in [4.78, 5) is 38.0. The van der Waals surface area contributed by atoms with E-state index in [-0.39, 0.29) is 18.4 Å². The van der Waals surface area contributed by atoms with E-state index < -0.39 is 12.1 Å². The molecular formula is C42H75N3O4. The van der Waals surface area contributed by atoms with Crippen molar-refractivity contribution in [3.63, 3.8) is 0 Å². The van der Waals surface area contributed by atoms with Gasteiger partial charge in [-0.3, -0.25) is 9.59 Å². The predicted octanol–water partition coefficient (Wildman–Crippen LogP) is 11.1. The summed E-state index contributed by atoms with van der Waals surface area (Å²) in [6.45, 7) is 5.87. The molecule has 3 N–H and O–H groups in total. The molecule has 1 rings (SSSR count). The summed E-state index contributed by atoms with van der Waals surface area (Å²) in [6, 6.07) is 9.06. The van der Waals surface area contributed by atoms with Crippen molar-refractivity contribution < 1.29 is 19.1 Å². The summed E-state index contributed by atoms with van der Waals surface area (Å²) in [6.07, 6.45) is 31.1. The van der Waals surface area contributed by atoms with Gasteiger partial charge in [0.2, 0.25) is 11.8 Å². The molecule has 7 nitrogen and oxygen atoms in total. The van der Waals surface area contributed by atoms with Gasteiger partial charge in [-0.25, -0.2) is 4.79 Å². The number of carbonyl (C=O) groups is 3. The van der Waals surface area contributed by atoms with Gasteiger partial charge in [-0.2, -0.15) is 0 Å². The Balaban J connectivity index is 2.29. The highest BCUT2D eigenvalue weighted by Crippen LogP contribution is 2.14. The number of carbonyl (C=O) groups excluding carboxylic acids is 3. The third-order valence-electron chi connectivity index (χ3n) is 9.39. The fourth-order valence-electron chi connectivity index (χ4n) is 6.22. The molecule has 0 aromatic heterocycles. The van der Waals surface area contributed by atoms with Crippen LogP contribution in [0.15, 0.2) is 30.3 Å². The molecule has 0 radical (unpaired) electrons. The molecule has 1 aromatic carbocycles. The van der Waals surface area contributed by atoms with Crippen LogP contribution in [0.1, 0.15) is 193 Å². The fourth-order valence-corrected chi connectivity index (χ4v) is 6.22. The first-order valence-corrected chi connectivity index (χ1v) is 20.6. The Labute approximate surface area is 301 Å². The van der Waals surface area contributed by atoms with Crippen LogP contribution in [-0.2, 0) is 20.9 Å². The summed E-state index contributed by atoms with van der Waals surface area (Å²) >= 11 is 0. The van der Waals surface area contributed by atoms with Gasteiger partial charge in [0.15, 0.2) is 0 Å². The zero-order valence-corrected chi connectivity index (χ0v) is 31.8. The topological polar surface area (TPSA) is 96.5 Å². The molecule has 0 aliphatic carbocycles. The molecule has 0 heterocycles. The van der Waals surface area contributed by atoms with E-state index in [9.17, 15) is 14.4 Å². The molecular weight excluding hydrogens is 610 g/mol. The Morgan fingerprint density at radius 3 is 1.53 bits per heavy atom. The second-order valence-corrected chi connectivity index (χ2v) is 14.1. The molecule has 0 bridgehead atoms. The molecule has 3 amide bonds. The molecule has 0 aliphatic heterocycles. The van der Waals surface area contributed by atoms with Crippen molar-refractivity contribution in [3.05, 3.63) is 35.9 Å². The van der Waals surface area contributed by atoms with E-state index in [1.807, 2.05) is 30.3 Å². The van der Waals surface area contributed by atoms with Crippen molar-refractivity contribution in [2.75, 3.05) is 13.1 Å². The molecule has 49 heavy (non-hydrogen) atoms. The number of benzene rings is 1. The number of ether oxygens (including phenoxy) is 1. The Hall–Kier alpha value is -2.57. The number of hydrogen-bond donors (Lipinski definition) is 3. The Morgan fingerprint density at radius 2 is 1.00 bits per heavy atom. The van der Waals surface area contributed by atoms with Gasteiger partial charge >= 0.3 is 6.09 Å². The maximum absolute atomic E-state index is 13.1. The SMILES string of the molecule is CCCCCCCCCCCCCCCC(=O)N[C@H](CCCCNC(=O)OCc1ccccc1)C(=O)NCCCCCCCCCCCC. The summed E-state index contributed by atoms with van der Waals surface area (Å²) in [5.41, 5.74) is 0.943. The van der Waals surface area contributed by atoms with Gasteiger partial charge < -0.3 is 20.7 Å². The molecule has 1 atom stereocenters. The highest BCUT2D eigenvalue weighted by atomic mass is 16.5. The largest absolute Gasteiger partial charge is 0.445 e. The molecule has 0 fully saturated rings. The highest BCUT2D eigenvalue weighted by molar-refractivity contribution is 5.87. The number of hydrogen-bond acceptors (Lipinski definition) is 4.